The third-order valence-corrected chi connectivity index (χ3v) is 3.39. The fourth-order valence-electron chi connectivity index (χ4n) is 1.89. The minimum Gasteiger partial charge on any atom is -0.351 e. The zero-order valence-corrected chi connectivity index (χ0v) is 11.5. The predicted molar refractivity (Wildman–Crippen MR) is 75.8 cm³/mol. The van der Waals surface area contributed by atoms with Crippen LogP contribution in [-0.2, 0) is 11.2 Å². The molecule has 3 N–H and O–H groups in total. The smallest absolute Gasteiger partial charge is 0.240 e. The lowest BCUT2D eigenvalue weighted by Crippen LogP contribution is -2.47. The lowest BCUT2D eigenvalue weighted by molar-refractivity contribution is -0.124. The molecule has 1 saturated carbocycles. The molecule has 3 nitrogen and oxygen atoms in total. The van der Waals surface area contributed by atoms with Gasteiger partial charge >= 0.3 is 0 Å². The molecule has 0 heterocycles. The summed E-state index contributed by atoms with van der Waals surface area (Å²) in [6, 6.07) is 10.4. The molecular weight excluding hydrogens is 248 g/mol. The number of rotatable bonds is 5. The Balaban J connectivity index is 0.00000162. The molecular formula is C14H21ClN2O. The normalized spacial score (nSPS) is 17.4. The SMILES string of the molecule is CCC(Cc1ccccc1)NC(=O)C1(N)CC1.Cl. The van der Waals surface area contributed by atoms with Gasteiger partial charge in [-0.2, -0.15) is 0 Å². The van der Waals surface area contributed by atoms with E-state index in [1.54, 1.807) is 0 Å². The minimum atomic E-state index is -0.565. The summed E-state index contributed by atoms with van der Waals surface area (Å²) in [5, 5.41) is 3.05. The maximum atomic E-state index is 11.9. The van der Waals surface area contributed by atoms with Crippen LogP contribution in [0.15, 0.2) is 30.3 Å². The number of amides is 1. The fraction of sp³-hybridized carbons (Fsp3) is 0.500. The summed E-state index contributed by atoms with van der Waals surface area (Å²) in [6.07, 6.45) is 3.44. The van der Waals surface area contributed by atoms with Crippen LogP contribution in [0.25, 0.3) is 0 Å². The molecule has 2 rings (SSSR count). The van der Waals surface area contributed by atoms with E-state index in [2.05, 4.69) is 24.4 Å². The van der Waals surface area contributed by atoms with Gasteiger partial charge in [0.2, 0.25) is 5.91 Å². The Morgan fingerprint density at radius 3 is 2.50 bits per heavy atom. The second kappa shape index (κ2) is 6.21. The first kappa shape index (κ1) is 15.0. The average Bonchev–Trinajstić information content (AvgIpc) is 3.09. The van der Waals surface area contributed by atoms with Gasteiger partial charge in [0.25, 0.3) is 0 Å². The highest BCUT2D eigenvalue weighted by molar-refractivity contribution is 5.89. The largest absolute Gasteiger partial charge is 0.351 e. The Kier molecular flexibility index (Phi) is 5.17. The van der Waals surface area contributed by atoms with Gasteiger partial charge in [-0.15, -0.1) is 12.4 Å². The quantitative estimate of drug-likeness (QED) is 0.859. The molecule has 1 atom stereocenters. The number of benzene rings is 1. The number of hydrogen-bond donors (Lipinski definition) is 2. The molecule has 0 spiro atoms. The number of halogens is 1. The van der Waals surface area contributed by atoms with Crippen LogP contribution in [0.5, 0.6) is 0 Å². The van der Waals surface area contributed by atoms with Crippen molar-refractivity contribution in [2.75, 3.05) is 0 Å². The molecule has 1 aromatic carbocycles. The maximum Gasteiger partial charge on any atom is 0.240 e. The first-order valence-corrected chi connectivity index (χ1v) is 6.28. The summed E-state index contributed by atoms with van der Waals surface area (Å²) in [7, 11) is 0. The van der Waals surface area contributed by atoms with Crippen LogP contribution in [0.2, 0.25) is 0 Å². The second-order valence-corrected chi connectivity index (χ2v) is 4.92. The van der Waals surface area contributed by atoms with E-state index in [1.165, 1.54) is 5.56 Å². The van der Waals surface area contributed by atoms with Crippen LogP contribution >= 0.6 is 12.4 Å². The van der Waals surface area contributed by atoms with E-state index in [-0.39, 0.29) is 24.4 Å². The van der Waals surface area contributed by atoms with Gasteiger partial charge in [-0.1, -0.05) is 37.3 Å². The van der Waals surface area contributed by atoms with E-state index < -0.39 is 5.54 Å². The molecule has 1 fully saturated rings. The summed E-state index contributed by atoms with van der Waals surface area (Å²) < 4.78 is 0. The van der Waals surface area contributed by atoms with Crippen molar-refractivity contribution >= 4 is 18.3 Å². The van der Waals surface area contributed by atoms with Crippen molar-refractivity contribution < 1.29 is 4.79 Å². The third kappa shape index (κ3) is 3.72. The van der Waals surface area contributed by atoms with Crippen molar-refractivity contribution in [2.45, 2.75) is 44.2 Å². The van der Waals surface area contributed by atoms with E-state index in [0.717, 1.165) is 25.7 Å². The molecule has 0 aromatic heterocycles. The Labute approximate surface area is 115 Å². The number of nitrogens with two attached hydrogens (primary N) is 1. The number of nitrogens with one attached hydrogen (secondary N) is 1. The molecule has 0 radical (unpaired) electrons. The monoisotopic (exact) mass is 268 g/mol. The van der Waals surface area contributed by atoms with Crippen LogP contribution in [0.4, 0.5) is 0 Å². The number of hydrogen-bond acceptors (Lipinski definition) is 2. The molecule has 0 aliphatic heterocycles. The van der Waals surface area contributed by atoms with Crippen molar-refractivity contribution in [2.24, 2.45) is 5.73 Å². The molecule has 18 heavy (non-hydrogen) atoms. The molecule has 4 heteroatoms. The number of carbonyl (C=O) groups is 1. The van der Waals surface area contributed by atoms with Gasteiger partial charge in [-0.05, 0) is 31.2 Å². The topological polar surface area (TPSA) is 55.1 Å². The second-order valence-electron chi connectivity index (χ2n) is 4.92. The van der Waals surface area contributed by atoms with Crippen LogP contribution in [0.3, 0.4) is 0 Å². The third-order valence-electron chi connectivity index (χ3n) is 3.39. The molecule has 1 aliphatic rings. The summed E-state index contributed by atoms with van der Waals surface area (Å²) in [4.78, 5) is 11.9. The van der Waals surface area contributed by atoms with E-state index in [1.807, 2.05) is 18.2 Å². The zero-order valence-electron chi connectivity index (χ0n) is 10.7. The van der Waals surface area contributed by atoms with Crippen LogP contribution in [-0.4, -0.2) is 17.5 Å². The van der Waals surface area contributed by atoms with Crippen LogP contribution < -0.4 is 11.1 Å². The standard InChI is InChI=1S/C14H20N2O.ClH/c1-2-12(10-11-6-4-3-5-7-11)16-13(17)14(15)8-9-14;/h3-7,12H,2,8-10,15H2,1H3,(H,16,17);1H. The Morgan fingerprint density at radius 1 is 1.39 bits per heavy atom. The van der Waals surface area contributed by atoms with Crippen molar-refractivity contribution in [3.05, 3.63) is 35.9 Å². The van der Waals surface area contributed by atoms with Crippen LogP contribution in [0, 0.1) is 0 Å². The van der Waals surface area contributed by atoms with E-state index in [0.29, 0.717) is 0 Å². The molecule has 0 saturated heterocycles. The Bertz CT molecular complexity index is 390. The van der Waals surface area contributed by atoms with Crippen molar-refractivity contribution in [3.63, 3.8) is 0 Å². The van der Waals surface area contributed by atoms with Crippen molar-refractivity contribution in [1.29, 1.82) is 0 Å². The minimum absolute atomic E-state index is 0. The summed E-state index contributed by atoms with van der Waals surface area (Å²) in [6.45, 7) is 2.09. The number of carbonyl (C=O) groups excluding carboxylic acids is 1. The highest BCUT2D eigenvalue weighted by Gasteiger charge is 2.46. The van der Waals surface area contributed by atoms with Gasteiger partial charge in [-0.3, -0.25) is 4.79 Å². The van der Waals surface area contributed by atoms with Gasteiger partial charge in [0.15, 0.2) is 0 Å². The highest BCUT2D eigenvalue weighted by atomic mass is 35.5. The lowest BCUT2D eigenvalue weighted by atomic mass is 10.0. The van der Waals surface area contributed by atoms with Gasteiger partial charge in [0.1, 0.15) is 0 Å². The molecule has 1 aromatic rings. The van der Waals surface area contributed by atoms with Gasteiger partial charge in [0.05, 0.1) is 5.54 Å². The van der Waals surface area contributed by atoms with E-state index in [9.17, 15) is 4.79 Å². The molecule has 1 amide bonds. The molecule has 1 unspecified atom stereocenters. The molecule has 0 bridgehead atoms. The Hall–Kier alpha value is -1.06. The van der Waals surface area contributed by atoms with Crippen LogP contribution in [0.1, 0.15) is 31.7 Å². The summed E-state index contributed by atoms with van der Waals surface area (Å²) in [5.41, 5.74) is 6.56. The summed E-state index contributed by atoms with van der Waals surface area (Å²) in [5.74, 6) is 0.0141. The van der Waals surface area contributed by atoms with E-state index >= 15 is 0 Å². The predicted octanol–water partition coefficient (Wildman–Crippen LogP) is 2.04. The molecule has 100 valence electrons. The van der Waals surface area contributed by atoms with Crippen molar-refractivity contribution in [1.82, 2.24) is 5.32 Å². The zero-order chi connectivity index (χ0) is 12.3. The first-order valence-electron chi connectivity index (χ1n) is 6.28. The van der Waals surface area contributed by atoms with Crippen molar-refractivity contribution in [3.8, 4) is 0 Å². The first-order chi connectivity index (χ1) is 8.14. The fourth-order valence-corrected chi connectivity index (χ4v) is 1.89. The van der Waals surface area contributed by atoms with Gasteiger partial charge < -0.3 is 11.1 Å². The highest BCUT2D eigenvalue weighted by Crippen LogP contribution is 2.32. The molecule has 1 aliphatic carbocycles. The average molecular weight is 269 g/mol. The Morgan fingerprint density at radius 2 is 2.00 bits per heavy atom. The van der Waals surface area contributed by atoms with Gasteiger partial charge in [-0.25, -0.2) is 0 Å². The van der Waals surface area contributed by atoms with Gasteiger partial charge in [0, 0.05) is 6.04 Å². The maximum absolute atomic E-state index is 11.9. The lowest BCUT2D eigenvalue weighted by Gasteiger charge is -2.19. The summed E-state index contributed by atoms with van der Waals surface area (Å²) >= 11 is 0. The van der Waals surface area contributed by atoms with E-state index in [4.69, 9.17) is 5.73 Å².